The minimum atomic E-state index is -0.720. The number of anilines is 1. The number of nitrogens with zero attached hydrogens (tertiary/aromatic N) is 3. The maximum Gasteiger partial charge on any atom is 0.266 e. The molecule has 1 aromatic carbocycles. The van der Waals surface area contributed by atoms with E-state index in [0.29, 0.717) is 23.5 Å². The van der Waals surface area contributed by atoms with Gasteiger partial charge in [-0.3, -0.25) is 9.59 Å². The fourth-order valence-electron chi connectivity index (χ4n) is 3.57. The standard InChI is InChI=1S/C20H26FN3O2S/c1-6-23-14-11-15-16(27-9-7-8-24(15)12(2)3)10-13(14)18(21)17(20(23)26)19(25)22(4)5/h10-12H,6-9H2,1-5H3. The third kappa shape index (κ3) is 3.33. The van der Waals surface area contributed by atoms with Crippen molar-refractivity contribution < 1.29 is 9.18 Å². The van der Waals surface area contributed by atoms with Gasteiger partial charge in [0.25, 0.3) is 11.5 Å². The summed E-state index contributed by atoms with van der Waals surface area (Å²) in [5.41, 5.74) is 0.627. The molecule has 0 saturated heterocycles. The Balaban J connectivity index is 2.38. The molecular weight excluding hydrogens is 365 g/mol. The summed E-state index contributed by atoms with van der Waals surface area (Å²) in [6, 6.07) is 4.03. The summed E-state index contributed by atoms with van der Waals surface area (Å²) in [4.78, 5) is 29.9. The molecule has 27 heavy (non-hydrogen) atoms. The van der Waals surface area contributed by atoms with Crippen LogP contribution in [0.15, 0.2) is 21.8 Å². The Kier molecular flexibility index (Phi) is 5.51. The van der Waals surface area contributed by atoms with E-state index in [9.17, 15) is 9.59 Å². The number of carbonyl (C=O) groups excluding carboxylic acids is 1. The van der Waals surface area contributed by atoms with Gasteiger partial charge in [0.2, 0.25) is 0 Å². The number of thioether (sulfide) groups is 1. The molecule has 0 N–H and O–H groups in total. The molecule has 0 saturated carbocycles. The Morgan fingerprint density at radius 2 is 2.04 bits per heavy atom. The zero-order valence-electron chi connectivity index (χ0n) is 16.5. The first kappa shape index (κ1) is 19.7. The molecule has 2 aromatic rings. The summed E-state index contributed by atoms with van der Waals surface area (Å²) < 4.78 is 16.8. The summed E-state index contributed by atoms with van der Waals surface area (Å²) in [7, 11) is 3.05. The first-order valence-electron chi connectivity index (χ1n) is 9.29. The predicted octanol–water partition coefficient (Wildman–Crippen LogP) is 3.57. The van der Waals surface area contributed by atoms with Gasteiger partial charge in [0, 0.05) is 43.5 Å². The van der Waals surface area contributed by atoms with E-state index in [1.165, 1.54) is 23.6 Å². The second kappa shape index (κ2) is 7.54. The molecule has 0 spiro atoms. The molecule has 146 valence electrons. The summed E-state index contributed by atoms with van der Waals surface area (Å²) in [6.07, 6.45) is 1.04. The highest BCUT2D eigenvalue weighted by molar-refractivity contribution is 7.99. The van der Waals surface area contributed by atoms with Crippen LogP contribution in [0.5, 0.6) is 0 Å². The molecule has 0 radical (unpaired) electrons. The molecule has 1 aliphatic rings. The first-order chi connectivity index (χ1) is 12.8. The van der Waals surface area contributed by atoms with Gasteiger partial charge in [-0.05, 0) is 45.1 Å². The topological polar surface area (TPSA) is 45.6 Å². The number of aromatic nitrogens is 1. The number of benzene rings is 1. The maximum absolute atomic E-state index is 15.3. The molecule has 2 heterocycles. The number of halogens is 1. The van der Waals surface area contributed by atoms with E-state index in [1.54, 1.807) is 11.8 Å². The van der Waals surface area contributed by atoms with Crippen molar-refractivity contribution in [2.24, 2.45) is 0 Å². The highest BCUT2D eigenvalue weighted by Gasteiger charge is 2.26. The second-order valence-electron chi connectivity index (χ2n) is 7.26. The summed E-state index contributed by atoms with van der Waals surface area (Å²) in [5.74, 6) is -0.365. The molecule has 7 heteroatoms. The Hall–Kier alpha value is -2.02. The Morgan fingerprint density at radius 1 is 1.33 bits per heavy atom. The predicted molar refractivity (Wildman–Crippen MR) is 110 cm³/mol. The molecular formula is C20H26FN3O2S. The van der Waals surface area contributed by atoms with Crippen LogP contribution >= 0.6 is 11.8 Å². The molecule has 3 rings (SSSR count). The van der Waals surface area contributed by atoms with Crippen molar-refractivity contribution in [2.45, 2.75) is 44.7 Å². The number of fused-ring (bicyclic) bond motifs is 2. The van der Waals surface area contributed by atoms with E-state index in [4.69, 9.17) is 0 Å². The molecule has 0 atom stereocenters. The number of carbonyl (C=O) groups is 1. The normalized spacial score (nSPS) is 14.4. The highest BCUT2D eigenvalue weighted by atomic mass is 32.2. The van der Waals surface area contributed by atoms with E-state index in [0.717, 1.165) is 29.3 Å². The quantitative estimate of drug-likeness (QED) is 0.802. The van der Waals surface area contributed by atoms with Crippen molar-refractivity contribution >= 4 is 34.3 Å². The van der Waals surface area contributed by atoms with Crippen molar-refractivity contribution in [3.05, 3.63) is 33.9 Å². The molecule has 0 fully saturated rings. The summed E-state index contributed by atoms with van der Waals surface area (Å²) in [6.45, 7) is 7.41. The van der Waals surface area contributed by atoms with Crippen LogP contribution in [-0.2, 0) is 6.54 Å². The van der Waals surface area contributed by atoms with Gasteiger partial charge < -0.3 is 14.4 Å². The number of amides is 1. The van der Waals surface area contributed by atoms with Gasteiger partial charge in [0.15, 0.2) is 5.82 Å². The molecule has 1 amide bonds. The fourth-order valence-corrected chi connectivity index (χ4v) is 4.58. The zero-order chi connectivity index (χ0) is 19.9. The Labute approximate surface area is 163 Å². The minimum Gasteiger partial charge on any atom is -0.368 e. The lowest BCUT2D eigenvalue weighted by atomic mass is 10.1. The number of hydrogen-bond donors (Lipinski definition) is 0. The van der Waals surface area contributed by atoms with Crippen LogP contribution in [0.2, 0.25) is 0 Å². The van der Waals surface area contributed by atoms with Gasteiger partial charge in [0.05, 0.1) is 11.2 Å². The van der Waals surface area contributed by atoms with E-state index in [1.807, 2.05) is 19.1 Å². The van der Waals surface area contributed by atoms with Crippen molar-refractivity contribution in [2.75, 3.05) is 31.3 Å². The molecule has 0 bridgehead atoms. The smallest absolute Gasteiger partial charge is 0.266 e. The average Bonchev–Trinajstić information content (AvgIpc) is 2.82. The van der Waals surface area contributed by atoms with Gasteiger partial charge >= 0.3 is 0 Å². The fraction of sp³-hybridized carbons (Fsp3) is 0.500. The van der Waals surface area contributed by atoms with Crippen LogP contribution in [0.4, 0.5) is 10.1 Å². The molecule has 0 unspecified atom stereocenters. The third-order valence-electron chi connectivity index (χ3n) is 4.95. The van der Waals surface area contributed by atoms with Gasteiger partial charge in [-0.2, -0.15) is 0 Å². The number of pyridine rings is 1. The molecule has 5 nitrogen and oxygen atoms in total. The van der Waals surface area contributed by atoms with Crippen molar-refractivity contribution in [3.8, 4) is 0 Å². The highest BCUT2D eigenvalue weighted by Crippen LogP contribution is 2.38. The van der Waals surface area contributed by atoms with Crippen LogP contribution < -0.4 is 10.5 Å². The third-order valence-corrected chi connectivity index (χ3v) is 6.08. The zero-order valence-corrected chi connectivity index (χ0v) is 17.3. The molecule has 0 aliphatic carbocycles. The lowest BCUT2D eigenvalue weighted by Gasteiger charge is -2.29. The SMILES string of the molecule is CCn1c(=O)c(C(=O)N(C)C)c(F)c2cc3c(cc21)N(C(C)C)CCCS3. The maximum atomic E-state index is 15.3. The van der Waals surface area contributed by atoms with E-state index in [2.05, 4.69) is 18.7 Å². The first-order valence-corrected chi connectivity index (χ1v) is 10.3. The summed E-state index contributed by atoms with van der Waals surface area (Å²) >= 11 is 1.70. The average molecular weight is 392 g/mol. The number of hydrogen-bond acceptors (Lipinski definition) is 4. The number of rotatable bonds is 3. The molecule has 1 aliphatic heterocycles. The van der Waals surface area contributed by atoms with Gasteiger partial charge in [-0.1, -0.05) is 0 Å². The van der Waals surface area contributed by atoms with E-state index < -0.39 is 17.3 Å². The van der Waals surface area contributed by atoms with Crippen LogP contribution in [0, 0.1) is 5.82 Å². The van der Waals surface area contributed by atoms with E-state index in [-0.39, 0.29) is 5.56 Å². The monoisotopic (exact) mass is 391 g/mol. The summed E-state index contributed by atoms with van der Waals surface area (Å²) in [5, 5.41) is 0.332. The van der Waals surface area contributed by atoms with Crippen LogP contribution in [0.3, 0.4) is 0 Å². The van der Waals surface area contributed by atoms with Crippen LogP contribution in [-0.4, -0.2) is 47.8 Å². The Morgan fingerprint density at radius 3 is 2.63 bits per heavy atom. The van der Waals surface area contributed by atoms with Crippen molar-refractivity contribution in [3.63, 3.8) is 0 Å². The second-order valence-corrected chi connectivity index (χ2v) is 8.40. The van der Waals surface area contributed by atoms with Crippen molar-refractivity contribution in [1.82, 2.24) is 9.47 Å². The van der Waals surface area contributed by atoms with Gasteiger partial charge in [0.1, 0.15) is 5.56 Å². The minimum absolute atomic E-state index is 0.307. The Bertz CT molecular complexity index is 953. The van der Waals surface area contributed by atoms with Gasteiger partial charge in [-0.25, -0.2) is 4.39 Å². The van der Waals surface area contributed by atoms with Gasteiger partial charge in [-0.15, -0.1) is 11.8 Å². The van der Waals surface area contributed by atoms with Crippen LogP contribution in [0.1, 0.15) is 37.6 Å². The van der Waals surface area contributed by atoms with E-state index >= 15 is 4.39 Å². The lowest BCUT2D eigenvalue weighted by molar-refractivity contribution is 0.0821. The van der Waals surface area contributed by atoms with Crippen molar-refractivity contribution in [1.29, 1.82) is 0 Å². The number of aryl methyl sites for hydroxylation is 1. The largest absolute Gasteiger partial charge is 0.368 e. The van der Waals surface area contributed by atoms with Crippen LogP contribution in [0.25, 0.3) is 10.9 Å². The molecule has 1 aromatic heterocycles. The lowest BCUT2D eigenvalue weighted by Crippen LogP contribution is -2.34.